The van der Waals surface area contributed by atoms with Crippen molar-refractivity contribution < 1.29 is 29.7 Å². The molecular formula is C16H20NO6P. The summed E-state index contributed by atoms with van der Waals surface area (Å²) in [4.78, 5) is 18.1. The van der Waals surface area contributed by atoms with Crippen LogP contribution in [0.1, 0.15) is 24.8 Å². The highest BCUT2D eigenvalue weighted by Crippen LogP contribution is 2.39. The first kappa shape index (κ1) is 18.4. The number of aliphatic hydroxyl groups is 2. The van der Waals surface area contributed by atoms with Gasteiger partial charge in [-0.2, -0.15) is 4.76 Å². The second kappa shape index (κ2) is 7.32. The van der Waals surface area contributed by atoms with Crippen molar-refractivity contribution in [1.29, 1.82) is 0 Å². The van der Waals surface area contributed by atoms with Crippen molar-refractivity contribution >= 4 is 13.5 Å². The van der Waals surface area contributed by atoms with E-state index in [1.807, 2.05) is 13.0 Å². The van der Waals surface area contributed by atoms with Gasteiger partial charge in [-0.05, 0) is 36.1 Å². The fourth-order valence-electron chi connectivity index (χ4n) is 2.64. The van der Waals surface area contributed by atoms with Crippen molar-refractivity contribution in [3.05, 3.63) is 53.8 Å². The summed E-state index contributed by atoms with van der Waals surface area (Å²) < 4.78 is 14.4. The maximum atomic E-state index is 11.1. The largest absolute Gasteiger partial charge is 0.508 e. The minimum Gasteiger partial charge on any atom is -0.508 e. The SMILES string of the molecule is CC(CC(O)C1C=CC(O)=C/C1=N\P(=O)(O)O)c1cccc(O)c1. The Morgan fingerprint density at radius 3 is 2.62 bits per heavy atom. The van der Waals surface area contributed by atoms with Gasteiger partial charge in [0, 0.05) is 12.0 Å². The molecule has 3 unspecified atom stereocenters. The van der Waals surface area contributed by atoms with Crippen LogP contribution >= 0.6 is 7.75 Å². The van der Waals surface area contributed by atoms with Crippen molar-refractivity contribution in [3.63, 3.8) is 0 Å². The number of aliphatic hydroxyl groups excluding tert-OH is 2. The standard InChI is InChI=1S/C16H20NO6P/c1-10(11-3-2-4-12(18)8-11)7-16(20)14-6-5-13(19)9-15(14)17-24(21,22)23/h2-6,8-10,14,16,18-20H,7H2,1H3,(H2,21,22,23)/b17-15+. The van der Waals surface area contributed by atoms with Gasteiger partial charge in [0.15, 0.2) is 0 Å². The Kier molecular flexibility index (Phi) is 5.62. The third-order valence-corrected chi connectivity index (χ3v) is 4.30. The highest BCUT2D eigenvalue weighted by atomic mass is 31.2. The van der Waals surface area contributed by atoms with Crippen molar-refractivity contribution in [2.75, 3.05) is 0 Å². The zero-order valence-corrected chi connectivity index (χ0v) is 13.9. The molecule has 0 radical (unpaired) electrons. The van der Waals surface area contributed by atoms with Gasteiger partial charge in [-0.25, -0.2) is 4.57 Å². The van der Waals surface area contributed by atoms with Gasteiger partial charge >= 0.3 is 7.75 Å². The Hall–Kier alpha value is -1.92. The zero-order valence-electron chi connectivity index (χ0n) is 13.0. The van der Waals surface area contributed by atoms with Crippen LogP contribution in [0.3, 0.4) is 0 Å². The molecule has 24 heavy (non-hydrogen) atoms. The number of phenols is 1. The van der Waals surface area contributed by atoms with Crippen LogP contribution in [-0.4, -0.2) is 36.9 Å². The molecule has 1 aliphatic carbocycles. The van der Waals surface area contributed by atoms with E-state index in [0.29, 0.717) is 0 Å². The van der Waals surface area contributed by atoms with E-state index >= 15 is 0 Å². The first-order chi connectivity index (χ1) is 11.2. The van der Waals surface area contributed by atoms with E-state index in [9.17, 15) is 19.9 Å². The zero-order chi connectivity index (χ0) is 17.9. The molecule has 0 saturated heterocycles. The summed E-state index contributed by atoms with van der Waals surface area (Å²) in [5, 5.41) is 29.5. The molecule has 0 amide bonds. The van der Waals surface area contributed by atoms with Gasteiger partial charge in [0.1, 0.15) is 11.5 Å². The number of rotatable bonds is 5. The maximum Gasteiger partial charge on any atom is 0.448 e. The van der Waals surface area contributed by atoms with Gasteiger partial charge in [-0.3, -0.25) is 0 Å². The van der Waals surface area contributed by atoms with E-state index in [1.165, 1.54) is 12.2 Å². The Labute approximate surface area is 139 Å². The number of allylic oxidation sites excluding steroid dienone is 2. The lowest BCUT2D eigenvalue weighted by Gasteiger charge is -2.25. The number of aromatic hydroxyl groups is 1. The Morgan fingerprint density at radius 1 is 1.29 bits per heavy atom. The summed E-state index contributed by atoms with van der Waals surface area (Å²) in [7, 11) is -4.68. The molecule has 0 aliphatic heterocycles. The molecule has 1 aromatic rings. The van der Waals surface area contributed by atoms with Crippen LogP contribution in [0.15, 0.2) is 53.0 Å². The van der Waals surface area contributed by atoms with Crippen molar-refractivity contribution in [1.82, 2.24) is 0 Å². The van der Waals surface area contributed by atoms with Crippen LogP contribution < -0.4 is 0 Å². The summed E-state index contributed by atoms with van der Waals surface area (Å²) >= 11 is 0. The van der Waals surface area contributed by atoms with Gasteiger partial charge < -0.3 is 25.1 Å². The number of hydrogen-bond donors (Lipinski definition) is 5. The van der Waals surface area contributed by atoms with Gasteiger partial charge in [-0.15, -0.1) is 0 Å². The molecule has 0 aromatic heterocycles. The van der Waals surface area contributed by atoms with Gasteiger partial charge in [0.2, 0.25) is 0 Å². The molecule has 0 heterocycles. The minimum atomic E-state index is -4.68. The molecule has 0 bridgehead atoms. The van der Waals surface area contributed by atoms with Gasteiger partial charge in [-0.1, -0.05) is 25.1 Å². The van der Waals surface area contributed by atoms with E-state index in [2.05, 4.69) is 4.76 Å². The molecule has 8 heteroatoms. The average Bonchev–Trinajstić information content (AvgIpc) is 2.45. The monoisotopic (exact) mass is 353 g/mol. The molecule has 1 aliphatic rings. The summed E-state index contributed by atoms with van der Waals surface area (Å²) in [6.45, 7) is 1.87. The molecule has 0 spiro atoms. The summed E-state index contributed by atoms with van der Waals surface area (Å²) in [5.41, 5.74) is 0.764. The van der Waals surface area contributed by atoms with Gasteiger partial charge in [0.05, 0.1) is 11.8 Å². The molecule has 2 rings (SSSR count). The van der Waals surface area contributed by atoms with Gasteiger partial charge in [0.25, 0.3) is 0 Å². The first-order valence-electron chi connectivity index (χ1n) is 7.37. The van der Waals surface area contributed by atoms with Crippen LogP contribution in [-0.2, 0) is 4.57 Å². The van der Waals surface area contributed by atoms with Crippen LogP contribution in [0.4, 0.5) is 0 Å². The lowest BCUT2D eigenvalue weighted by atomic mass is 9.85. The Bertz CT molecular complexity index is 736. The molecule has 5 N–H and O–H groups in total. The highest BCUT2D eigenvalue weighted by Gasteiger charge is 2.28. The fraction of sp³-hybridized carbons (Fsp3) is 0.312. The molecule has 1 aromatic carbocycles. The van der Waals surface area contributed by atoms with E-state index in [0.717, 1.165) is 11.6 Å². The van der Waals surface area contributed by atoms with E-state index in [1.54, 1.807) is 18.2 Å². The lowest BCUT2D eigenvalue weighted by molar-refractivity contribution is 0.138. The first-order valence-corrected chi connectivity index (χ1v) is 8.94. The summed E-state index contributed by atoms with van der Waals surface area (Å²) in [6.07, 6.45) is 3.27. The predicted octanol–water partition coefficient (Wildman–Crippen LogP) is 2.41. The Morgan fingerprint density at radius 2 is 2.00 bits per heavy atom. The predicted molar refractivity (Wildman–Crippen MR) is 90.0 cm³/mol. The molecule has 0 fully saturated rings. The van der Waals surface area contributed by atoms with Crippen molar-refractivity contribution in [2.24, 2.45) is 10.7 Å². The van der Waals surface area contributed by atoms with E-state index < -0.39 is 19.8 Å². The Balaban J connectivity index is 2.18. The molecule has 3 atom stereocenters. The quantitative estimate of drug-likeness (QED) is 0.517. The van der Waals surface area contributed by atoms with Crippen LogP contribution in [0.2, 0.25) is 0 Å². The maximum absolute atomic E-state index is 11.1. The number of benzene rings is 1. The number of hydrogen-bond acceptors (Lipinski definition) is 4. The molecule has 7 nitrogen and oxygen atoms in total. The van der Waals surface area contributed by atoms with E-state index in [-0.39, 0.29) is 29.6 Å². The fourth-order valence-corrected chi connectivity index (χ4v) is 3.14. The average molecular weight is 353 g/mol. The summed E-state index contributed by atoms with van der Waals surface area (Å²) in [6, 6.07) is 6.68. The van der Waals surface area contributed by atoms with E-state index in [4.69, 9.17) is 9.79 Å². The molecule has 130 valence electrons. The third-order valence-electron chi connectivity index (χ3n) is 3.81. The van der Waals surface area contributed by atoms with Crippen LogP contribution in [0.5, 0.6) is 5.75 Å². The second-order valence-electron chi connectivity index (χ2n) is 5.79. The second-order valence-corrected chi connectivity index (χ2v) is 7.02. The third kappa shape index (κ3) is 5.04. The smallest absolute Gasteiger partial charge is 0.448 e. The van der Waals surface area contributed by atoms with Crippen LogP contribution in [0.25, 0.3) is 0 Å². The molecular weight excluding hydrogens is 333 g/mol. The normalized spacial score (nSPS) is 22.2. The van der Waals surface area contributed by atoms with Crippen LogP contribution in [0, 0.1) is 5.92 Å². The number of phenolic OH excluding ortho intramolecular Hbond substituents is 1. The minimum absolute atomic E-state index is 0.0704. The topological polar surface area (TPSA) is 131 Å². The molecule has 0 saturated carbocycles. The van der Waals surface area contributed by atoms with Crippen molar-refractivity contribution in [3.8, 4) is 5.75 Å². The van der Waals surface area contributed by atoms with Crippen molar-refractivity contribution in [2.45, 2.75) is 25.4 Å². The summed E-state index contributed by atoms with van der Waals surface area (Å²) in [5.74, 6) is -0.903. The lowest BCUT2D eigenvalue weighted by Crippen LogP contribution is -2.28. The number of nitrogens with zero attached hydrogens (tertiary/aromatic N) is 1. The highest BCUT2D eigenvalue weighted by molar-refractivity contribution is 7.50.